The number of benzene rings is 1. The molecule has 0 bridgehead atoms. The summed E-state index contributed by atoms with van der Waals surface area (Å²) in [7, 11) is 1.42. The Hall–Kier alpha value is -3.81. The molecule has 1 saturated heterocycles. The van der Waals surface area contributed by atoms with Crippen LogP contribution in [0.2, 0.25) is 0 Å². The van der Waals surface area contributed by atoms with Gasteiger partial charge in [-0.2, -0.15) is 0 Å². The lowest BCUT2D eigenvalue weighted by Crippen LogP contribution is -2.44. The van der Waals surface area contributed by atoms with E-state index in [-0.39, 0.29) is 37.5 Å². The summed E-state index contributed by atoms with van der Waals surface area (Å²) in [5.41, 5.74) is -0.433. The Morgan fingerprint density at radius 1 is 1.34 bits per heavy atom. The largest absolute Gasteiger partial charge is 0.496 e. The number of halogens is 1. The van der Waals surface area contributed by atoms with E-state index in [4.69, 9.17) is 13.9 Å². The molecule has 1 amide bonds. The lowest BCUT2D eigenvalue weighted by molar-refractivity contribution is -0.122. The van der Waals surface area contributed by atoms with E-state index < -0.39 is 35.1 Å². The summed E-state index contributed by atoms with van der Waals surface area (Å²) in [6.07, 6.45) is 2.21. The molecule has 4 heterocycles. The molecule has 1 aromatic carbocycles. The van der Waals surface area contributed by atoms with Crippen LogP contribution in [0.4, 0.5) is 4.39 Å². The summed E-state index contributed by atoms with van der Waals surface area (Å²) in [4.78, 5) is 45.2. The molecule has 4 aromatic rings. The van der Waals surface area contributed by atoms with Crippen LogP contribution in [0.25, 0.3) is 21.0 Å². The first kappa shape index (κ1) is 25.8. The topological polar surface area (TPSA) is 138 Å². The average molecular weight is 545 g/mol. The molecule has 5 rings (SSSR count). The number of hydrogen-bond donors (Lipinski definition) is 2. The number of rotatable bonds is 9. The van der Waals surface area contributed by atoms with Crippen molar-refractivity contribution in [3.8, 4) is 16.5 Å². The van der Waals surface area contributed by atoms with Crippen LogP contribution in [0.3, 0.4) is 0 Å². The van der Waals surface area contributed by atoms with Gasteiger partial charge in [0.2, 0.25) is 11.8 Å². The van der Waals surface area contributed by atoms with Crippen molar-refractivity contribution in [3.05, 3.63) is 68.4 Å². The van der Waals surface area contributed by atoms with E-state index in [1.165, 1.54) is 42.3 Å². The molecule has 11 nitrogen and oxygen atoms in total. The number of aliphatic hydroxyl groups is 1. The summed E-state index contributed by atoms with van der Waals surface area (Å²) in [5, 5.41) is 12.3. The summed E-state index contributed by atoms with van der Waals surface area (Å²) in [6.45, 7) is 1.49. The number of methoxy groups -OCH3 is 1. The van der Waals surface area contributed by atoms with Crippen molar-refractivity contribution >= 4 is 27.5 Å². The molecular formula is C25H25FN4O7S. The Bertz CT molecular complexity index is 1610. The standard InChI is InChI=1S/C25H25FN4O7S/c1-13-19-23(33)30(16-5-6-27-21(16)32)25(34)29(24(19)38-20(13)22-28-7-9-37-22)12-18(36-10-8-31)15-11-14(26)3-4-17(15)35-2/h3-4,7,9,11,16,18,31H,5-6,8,10,12H2,1-2H3,(H,27,32)/t16-,18-/m0/s1. The number of fused-ring (bicyclic) bond motifs is 1. The smallest absolute Gasteiger partial charge is 0.332 e. The number of carbonyl (C=O) groups excluding carboxylic acids is 1. The molecule has 1 aliphatic heterocycles. The van der Waals surface area contributed by atoms with Crippen LogP contribution in [-0.4, -0.2) is 52.0 Å². The Kier molecular flexibility index (Phi) is 7.15. The summed E-state index contributed by atoms with van der Waals surface area (Å²) >= 11 is 1.15. The molecule has 1 aliphatic rings. The van der Waals surface area contributed by atoms with Gasteiger partial charge >= 0.3 is 5.69 Å². The summed E-state index contributed by atoms with van der Waals surface area (Å²) in [5.74, 6) is -0.352. The van der Waals surface area contributed by atoms with Crippen molar-refractivity contribution in [2.24, 2.45) is 0 Å². The van der Waals surface area contributed by atoms with Crippen molar-refractivity contribution in [2.75, 3.05) is 26.9 Å². The number of aliphatic hydroxyl groups excluding tert-OH is 1. The van der Waals surface area contributed by atoms with Crippen molar-refractivity contribution in [1.82, 2.24) is 19.4 Å². The zero-order valence-corrected chi connectivity index (χ0v) is 21.4. The van der Waals surface area contributed by atoms with Crippen molar-refractivity contribution in [2.45, 2.75) is 32.0 Å². The highest BCUT2D eigenvalue weighted by Crippen LogP contribution is 2.37. The fourth-order valence-electron chi connectivity index (χ4n) is 4.73. The fraction of sp³-hybridized carbons (Fsp3) is 0.360. The van der Waals surface area contributed by atoms with E-state index >= 15 is 0 Å². The van der Waals surface area contributed by atoms with Crippen LogP contribution in [-0.2, 0) is 16.1 Å². The van der Waals surface area contributed by atoms with Crippen LogP contribution < -0.4 is 21.3 Å². The first-order valence-electron chi connectivity index (χ1n) is 11.9. The van der Waals surface area contributed by atoms with E-state index in [0.717, 1.165) is 15.9 Å². The Balaban J connectivity index is 1.76. The minimum absolute atomic E-state index is 0.0993. The number of nitrogens with one attached hydrogen (secondary N) is 1. The maximum Gasteiger partial charge on any atom is 0.332 e. The highest BCUT2D eigenvalue weighted by molar-refractivity contribution is 7.22. The van der Waals surface area contributed by atoms with Gasteiger partial charge in [0.1, 0.15) is 34.8 Å². The highest BCUT2D eigenvalue weighted by Gasteiger charge is 2.33. The molecule has 0 saturated carbocycles. The molecule has 1 fully saturated rings. The van der Waals surface area contributed by atoms with E-state index in [1.54, 1.807) is 6.92 Å². The third-order valence-corrected chi connectivity index (χ3v) is 7.80. The Labute approximate surface area is 219 Å². The van der Waals surface area contributed by atoms with Gasteiger partial charge in [-0.05, 0) is 37.1 Å². The maximum absolute atomic E-state index is 14.3. The van der Waals surface area contributed by atoms with Gasteiger partial charge < -0.3 is 24.3 Å². The van der Waals surface area contributed by atoms with Crippen LogP contribution >= 0.6 is 11.3 Å². The van der Waals surface area contributed by atoms with Gasteiger partial charge in [0, 0.05) is 12.1 Å². The molecule has 0 unspecified atom stereocenters. The van der Waals surface area contributed by atoms with Gasteiger partial charge in [0.25, 0.3) is 5.56 Å². The second-order valence-electron chi connectivity index (χ2n) is 8.71. The van der Waals surface area contributed by atoms with E-state index in [9.17, 15) is 23.9 Å². The molecule has 0 spiro atoms. The van der Waals surface area contributed by atoms with E-state index in [0.29, 0.717) is 33.1 Å². The zero-order valence-electron chi connectivity index (χ0n) is 20.6. The quantitative estimate of drug-likeness (QED) is 0.327. The van der Waals surface area contributed by atoms with E-state index in [1.807, 2.05) is 0 Å². The lowest BCUT2D eigenvalue weighted by Gasteiger charge is -2.23. The molecule has 2 N–H and O–H groups in total. The number of hydrogen-bond acceptors (Lipinski definition) is 9. The minimum atomic E-state index is -0.976. The second-order valence-corrected chi connectivity index (χ2v) is 9.71. The van der Waals surface area contributed by atoms with E-state index in [2.05, 4.69) is 10.3 Å². The van der Waals surface area contributed by atoms with Gasteiger partial charge in [0.05, 0.1) is 43.3 Å². The van der Waals surface area contributed by atoms with Crippen molar-refractivity contribution in [3.63, 3.8) is 0 Å². The van der Waals surface area contributed by atoms with Crippen molar-refractivity contribution < 1.29 is 28.2 Å². The molecular weight excluding hydrogens is 519 g/mol. The molecule has 0 radical (unpaired) electrons. The minimum Gasteiger partial charge on any atom is -0.496 e. The van der Waals surface area contributed by atoms with Gasteiger partial charge in [-0.15, -0.1) is 11.3 Å². The van der Waals surface area contributed by atoms with Crippen molar-refractivity contribution in [1.29, 1.82) is 0 Å². The summed E-state index contributed by atoms with van der Waals surface area (Å²) < 4.78 is 33.3. The predicted octanol–water partition coefficient (Wildman–Crippen LogP) is 2.15. The fourth-order valence-corrected chi connectivity index (χ4v) is 5.97. The van der Waals surface area contributed by atoms with Crippen LogP contribution in [0, 0.1) is 12.7 Å². The first-order valence-corrected chi connectivity index (χ1v) is 12.7. The molecule has 3 aromatic heterocycles. The third kappa shape index (κ3) is 4.42. The van der Waals surface area contributed by atoms with Gasteiger partial charge in [0.15, 0.2) is 0 Å². The SMILES string of the molecule is COc1ccc(F)cc1[C@H](Cn1c(=O)n([C@H]2CCNC2=O)c(=O)c2c(C)c(-c3ncco3)sc21)OCCO. The molecule has 2 atom stereocenters. The number of carbonyl (C=O) groups is 1. The lowest BCUT2D eigenvalue weighted by atomic mass is 10.1. The van der Waals surface area contributed by atoms with Gasteiger partial charge in [-0.3, -0.25) is 14.2 Å². The highest BCUT2D eigenvalue weighted by atomic mass is 32.1. The number of amides is 1. The molecule has 13 heteroatoms. The molecule has 38 heavy (non-hydrogen) atoms. The normalized spacial score (nSPS) is 16.2. The van der Waals surface area contributed by atoms with Gasteiger partial charge in [-0.1, -0.05) is 0 Å². The maximum atomic E-state index is 14.3. The average Bonchev–Trinajstić information content (AvgIpc) is 3.65. The first-order chi connectivity index (χ1) is 18.3. The predicted molar refractivity (Wildman–Crippen MR) is 136 cm³/mol. The zero-order chi connectivity index (χ0) is 27.0. The third-order valence-electron chi connectivity index (χ3n) is 6.50. The van der Waals surface area contributed by atoms with Gasteiger partial charge in [-0.25, -0.2) is 18.7 Å². The van der Waals surface area contributed by atoms with Crippen LogP contribution in [0.15, 0.2) is 44.7 Å². The summed E-state index contributed by atoms with van der Waals surface area (Å²) in [6, 6.07) is 2.94. The second kappa shape index (κ2) is 10.5. The Morgan fingerprint density at radius 2 is 2.16 bits per heavy atom. The number of oxazole rings is 1. The number of nitrogens with zero attached hydrogens (tertiary/aromatic N) is 3. The number of ether oxygens (including phenoxy) is 2. The number of thiophene rings is 1. The monoisotopic (exact) mass is 544 g/mol. The van der Waals surface area contributed by atoms with Crippen LogP contribution in [0.5, 0.6) is 5.75 Å². The number of aromatic nitrogens is 3. The van der Waals surface area contributed by atoms with Crippen LogP contribution in [0.1, 0.15) is 29.7 Å². The molecule has 0 aliphatic carbocycles. The molecule has 200 valence electrons. The Morgan fingerprint density at radius 3 is 2.82 bits per heavy atom. The number of aryl methyl sites for hydroxylation is 1.